The van der Waals surface area contributed by atoms with Gasteiger partial charge in [0.1, 0.15) is 6.54 Å². The Labute approximate surface area is 201 Å². The topological polar surface area (TPSA) is 133 Å². The SMILES string of the molecule is CCOc1cc(-c2nnc(NC(=O)CN3C(=O)c4ccccc4C3=O)o2)cc(OCC)c1OCC. The van der Waals surface area contributed by atoms with Gasteiger partial charge in [-0.15, -0.1) is 5.10 Å². The van der Waals surface area contributed by atoms with Crippen molar-refractivity contribution in [1.29, 1.82) is 0 Å². The molecule has 0 unspecified atom stereocenters. The van der Waals surface area contributed by atoms with Crippen molar-refractivity contribution in [3.05, 3.63) is 47.5 Å². The summed E-state index contributed by atoms with van der Waals surface area (Å²) in [4.78, 5) is 38.3. The Morgan fingerprint density at radius 3 is 2.03 bits per heavy atom. The number of imide groups is 1. The standard InChI is InChI=1S/C24H24N4O7/c1-4-32-17-11-14(12-18(33-5-2)20(17)34-6-3)21-26-27-24(35-21)25-19(29)13-28-22(30)15-9-7-8-10-16(15)23(28)31/h7-12H,4-6,13H2,1-3H3,(H,25,27,29). The normalized spacial score (nSPS) is 12.5. The lowest BCUT2D eigenvalue weighted by Crippen LogP contribution is -2.37. The predicted molar refractivity (Wildman–Crippen MR) is 124 cm³/mol. The zero-order valence-corrected chi connectivity index (χ0v) is 19.5. The number of benzene rings is 2. The quantitative estimate of drug-likeness (QED) is 0.434. The van der Waals surface area contributed by atoms with Crippen LogP contribution >= 0.6 is 0 Å². The largest absolute Gasteiger partial charge is 0.490 e. The van der Waals surface area contributed by atoms with Crippen molar-refractivity contribution < 1.29 is 33.0 Å². The van der Waals surface area contributed by atoms with Gasteiger partial charge >= 0.3 is 6.01 Å². The third-order valence-electron chi connectivity index (χ3n) is 5.01. The number of carbonyl (C=O) groups excluding carboxylic acids is 3. The molecule has 2 aromatic carbocycles. The zero-order valence-electron chi connectivity index (χ0n) is 19.5. The smallest absolute Gasteiger partial charge is 0.322 e. The third-order valence-corrected chi connectivity index (χ3v) is 5.01. The highest BCUT2D eigenvalue weighted by Gasteiger charge is 2.36. The number of aromatic nitrogens is 2. The monoisotopic (exact) mass is 480 g/mol. The minimum atomic E-state index is -0.661. The number of hydrogen-bond donors (Lipinski definition) is 1. The van der Waals surface area contributed by atoms with E-state index < -0.39 is 24.3 Å². The second-order valence-corrected chi connectivity index (χ2v) is 7.30. The molecule has 0 fully saturated rings. The predicted octanol–water partition coefficient (Wildman–Crippen LogP) is 3.17. The van der Waals surface area contributed by atoms with Crippen molar-refractivity contribution in [2.45, 2.75) is 20.8 Å². The average Bonchev–Trinajstić information content (AvgIpc) is 3.40. The maximum Gasteiger partial charge on any atom is 0.322 e. The number of rotatable bonds is 10. The molecule has 2 heterocycles. The molecule has 0 spiro atoms. The summed E-state index contributed by atoms with van der Waals surface area (Å²) in [6.07, 6.45) is 0. The molecule has 3 amide bonds. The molecule has 11 heteroatoms. The van der Waals surface area contributed by atoms with Crippen molar-refractivity contribution in [3.63, 3.8) is 0 Å². The van der Waals surface area contributed by atoms with Gasteiger partial charge in [-0.3, -0.25) is 24.6 Å². The van der Waals surface area contributed by atoms with Crippen LogP contribution in [0.2, 0.25) is 0 Å². The fraction of sp³-hybridized carbons (Fsp3) is 0.292. The summed E-state index contributed by atoms with van der Waals surface area (Å²) in [5.74, 6) is -0.262. The van der Waals surface area contributed by atoms with E-state index in [9.17, 15) is 14.4 Å². The Morgan fingerprint density at radius 1 is 0.914 bits per heavy atom. The molecule has 4 rings (SSSR count). The van der Waals surface area contributed by atoms with Crippen LogP contribution in [-0.4, -0.2) is 59.2 Å². The van der Waals surface area contributed by atoms with Gasteiger partial charge in [0.15, 0.2) is 11.5 Å². The number of anilines is 1. The molecular weight excluding hydrogens is 456 g/mol. The number of carbonyl (C=O) groups is 3. The zero-order chi connectivity index (χ0) is 24.9. The summed E-state index contributed by atoms with van der Waals surface area (Å²) in [6, 6.07) is 9.56. The van der Waals surface area contributed by atoms with Crippen molar-refractivity contribution >= 4 is 23.7 Å². The third kappa shape index (κ3) is 4.79. The second-order valence-electron chi connectivity index (χ2n) is 7.30. The van der Waals surface area contributed by atoms with Gasteiger partial charge in [0.2, 0.25) is 17.5 Å². The van der Waals surface area contributed by atoms with Gasteiger partial charge in [0.05, 0.1) is 30.9 Å². The number of nitrogens with zero attached hydrogens (tertiary/aromatic N) is 3. The van der Waals surface area contributed by atoms with Crippen molar-refractivity contribution in [2.75, 3.05) is 31.7 Å². The molecule has 3 aromatic rings. The molecule has 35 heavy (non-hydrogen) atoms. The summed E-state index contributed by atoms with van der Waals surface area (Å²) in [7, 11) is 0. The Morgan fingerprint density at radius 2 is 1.49 bits per heavy atom. The number of nitrogens with one attached hydrogen (secondary N) is 1. The number of amides is 3. The minimum Gasteiger partial charge on any atom is -0.490 e. The lowest BCUT2D eigenvalue weighted by atomic mass is 10.1. The number of hydrogen-bond acceptors (Lipinski definition) is 9. The Hall–Kier alpha value is -4.41. The fourth-order valence-electron chi connectivity index (χ4n) is 3.59. The second kappa shape index (κ2) is 10.2. The summed E-state index contributed by atoms with van der Waals surface area (Å²) in [5.41, 5.74) is 1.01. The molecule has 0 aliphatic carbocycles. The van der Waals surface area contributed by atoms with E-state index in [0.717, 1.165) is 4.90 Å². The highest BCUT2D eigenvalue weighted by molar-refractivity contribution is 6.22. The van der Waals surface area contributed by atoms with Crippen molar-refractivity contribution in [1.82, 2.24) is 15.1 Å². The van der Waals surface area contributed by atoms with Crippen molar-refractivity contribution in [3.8, 4) is 28.7 Å². The van der Waals surface area contributed by atoms with Crippen LogP contribution in [0.25, 0.3) is 11.5 Å². The lowest BCUT2D eigenvalue weighted by Gasteiger charge is -2.16. The summed E-state index contributed by atoms with van der Waals surface area (Å²) in [5, 5.41) is 10.3. The van der Waals surface area contributed by atoms with E-state index in [1.807, 2.05) is 20.8 Å². The molecular formula is C24H24N4O7. The maximum atomic E-state index is 12.5. The summed E-state index contributed by atoms with van der Waals surface area (Å²) in [6.45, 7) is 6.28. The van der Waals surface area contributed by atoms with Gasteiger partial charge < -0.3 is 18.6 Å². The van der Waals surface area contributed by atoms with Gasteiger partial charge in [0, 0.05) is 5.56 Å². The Kier molecular flexibility index (Phi) is 6.95. The average molecular weight is 480 g/mol. The first-order valence-electron chi connectivity index (χ1n) is 11.1. The van der Waals surface area contributed by atoms with Crippen LogP contribution in [0.5, 0.6) is 17.2 Å². The molecule has 0 radical (unpaired) electrons. The molecule has 1 aromatic heterocycles. The van der Waals surface area contributed by atoms with Crippen LogP contribution in [0, 0.1) is 0 Å². The van der Waals surface area contributed by atoms with Crippen LogP contribution in [0.4, 0.5) is 6.01 Å². The molecule has 0 bridgehead atoms. The minimum absolute atomic E-state index is 0.103. The van der Waals surface area contributed by atoms with Crippen LogP contribution in [0.3, 0.4) is 0 Å². The van der Waals surface area contributed by atoms with Crippen LogP contribution in [0.1, 0.15) is 41.5 Å². The highest BCUT2D eigenvalue weighted by Crippen LogP contribution is 2.41. The number of fused-ring (bicyclic) bond motifs is 1. The van der Waals surface area contributed by atoms with E-state index >= 15 is 0 Å². The van der Waals surface area contributed by atoms with E-state index in [1.165, 1.54) is 0 Å². The highest BCUT2D eigenvalue weighted by atomic mass is 16.5. The molecule has 0 atom stereocenters. The molecule has 11 nitrogen and oxygen atoms in total. The van der Waals surface area contributed by atoms with E-state index in [-0.39, 0.29) is 23.0 Å². The number of ether oxygens (including phenoxy) is 3. The van der Waals surface area contributed by atoms with E-state index in [2.05, 4.69) is 15.5 Å². The van der Waals surface area contributed by atoms with Gasteiger partial charge in [0.25, 0.3) is 11.8 Å². The molecule has 0 saturated carbocycles. The molecule has 182 valence electrons. The van der Waals surface area contributed by atoms with E-state index in [1.54, 1.807) is 36.4 Å². The first-order chi connectivity index (χ1) is 17.0. The Bertz CT molecular complexity index is 1210. The van der Waals surface area contributed by atoms with Crippen molar-refractivity contribution in [2.24, 2.45) is 0 Å². The van der Waals surface area contributed by atoms with Gasteiger partial charge in [-0.2, -0.15) is 0 Å². The van der Waals surface area contributed by atoms with Crippen LogP contribution < -0.4 is 19.5 Å². The molecule has 0 saturated heterocycles. The summed E-state index contributed by atoms with van der Waals surface area (Å²) < 4.78 is 22.7. The van der Waals surface area contributed by atoms with Gasteiger partial charge in [-0.05, 0) is 45.0 Å². The molecule has 1 aliphatic heterocycles. The summed E-state index contributed by atoms with van der Waals surface area (Å²) >= 11 is 0. The van der Waals surface area contributed by atoms with E-state index in [4.69, 9.17) is 18.6 Å². The Balaban J connectivity index is 1.51. The first-order valence-corrected chi connectivity index (χ1v) is 11.1. The van der Waals surface area contributed by atoms with E-state index in [0.29, 0.717) is 42.6 Å². The molecule has 1 N–H and O–H groups in total. The van der Waals surface area contributed by atoms with Gasteiger partial charge in [-0.1, -0.05) is 17.2 Å². The van der Waals surface area contributed by atoms with Crippen LogP contribution in [0.15, 0.2) is 40.8 Å². The molecule has 1 aliphatic rings. The lowest BCUT2D eigenvalue weighted by molar-refractivity contribution is -0.116. The van der Waals surface area contributed by atoms with Crippen LogP contribution in [-0.2, 0) is 4.79 Å². The maximum absolute atomic E-state index is 12.5. The van der Waals surface area contributed by atoms with Gasteiger partial charge in [-0.25, -0.2) is 0 Å². The fourth-order valence-corrected chi connectivity index (χ4v) is 3.59. The first kappa shape index (κ1) is 23.7.